The lowest BCUT2D eigenvalue weighted by atomic mass is 10.0. The molecule has 0 spiro atoms. The average molecular weight is 296 g/mol. The third kappa shape index (κ3) is 3.22. The molecule has 0 aliphatic carbocycles. The van der Waals surface area contributed by atoms with Crippen molar-refractivity contribution in [2.45, 2.75) is 25.8 Å². The third-order valence-corrected chi connectivity index (χ3v) is 3.80. The number of carbonyl (C=O) groups excluding carboxylic acids is 2. The molecule has 0 atom stereocenters. The second-order valence-electron chi connectivity index (χ2n) is 4.97. The number of hydrogen-bond donors (Lipinski definition) is 2. The maximum absolute atomic E-state index is 12.4. The van der Waals surface area contributed by atoms with Gasteiger partial charge >= 0.3 is 0 Å². The van der Waals surface area contributed by atoms with Crippen LogP contribution in [0.15, 0.2) is 18.2 Å². The first-order valence-corrected chi connectivity index (χ1v) is 6.97. The molecule has 20 heavy (non-hydrogen) atoms. The molecule has 1 aromatic carbocycles. The van der Waals surface area contributed by atoms with Crippen molar-refractivity contribution in [3.05, 3.63) is 28.8 Å². The zero-order chi connectivity index (χ0) is 14.7. The van der Waals surface area contributed by atoms with Crippen LogP contribution < -0.4 is 11.1 Å². The van der Waals surface area contributed by atoms with Crippen molar-refractivity contribution in [1.29, 1.82) is 0 Å². The van der Waals surface area contributed by atoms with Gasteiger partial charge < -0.3 is 16.0 Å². The summed E-state index contributed by atoms with van der Waals surface area (Å²) in [7, 11) is 0. The number of anilines is 1. The molecule has 5 nitrogen and oxygen atoms in total. The van der Waals surface area contributed by atoms with Gasteiger partial charge in [-0.05, 0) is 25.0 Å². The van der Waals surface area contributed by atoms with E-state index in [0.717, 1.165) is 12.8 Å². The lowest BCUT2D eigenvalue weighted by Gasteiger charge is -2.32. The first kappa shape index (κ1) is 14.7. The number of para-hydroxylation sites is 1. The van der Waals surface area contributed by atoms with Crippen LogP contribution in [0.3, 0.4) is 0 Å². The van der Waals surface area contributed by atoms with E-state index in [0.29, 0.717) is 29.4 Å². The van der Waals surface area contributed by atoms with Crippen LogP contribution in [0.1, 0.15) is 30.1 Å². The van der Waals surface area contributed by atoms with Crippen LogP contribution in [0.25, 0.3) is 0 Å². The zero-order valence-corrected chi connectivity index (χ0v) is 12.1. The molecule has 3 N–H and O–H groups in total. The Bertz CT molecular complexity index is 525. The fourth-order valence-corrected chi connectivity index (χ4v) is 2.58. The molecule has 2 rings (SSSR count). The number of nitrogens with one attached hydrogen (secondary N) is 1. The Morgan fingerprint density at radius 1 is 1.35 bits per heavy atom. The summed E-state index contributed by atoms with van der Waals surface area (Å²) < 4.78 is 0. The molecule has 0 bridgehead atoms. The van der Waals surface area contributed by atoms with E-state index in [1.54, 1.807) is 23.1 Å². The summed E-state index contributed by atoms with van der Waals surface area (Å²) in [5.41, 5.74) is 6.61. The van der Waals surface area contributed by atoms with Crippen LogP contribution in [0, 0.1) is 0 Å². The van der Waals surface area contributed by atoms with Gasteiger partial charge in [-0.2, -0.15) is 0 Å². The molecule has 1 aliphatic heterocycles. The summed E-state index contributed by atoms with van der Waals surface area (Å²) in [6.07, 6.45) is 1.51. The summed E-state index contributed by atoms with van der Waals surface area (Å²) in [5.74, 6) is -0.139. The predicted molar refractivity (Wildman–Crippen MR) is 78.6 cm³/mol. The topological polar surface area (TPSA) is 75.4 Å². The molecule has 6 heteroatoms. The Hall–Kier alpha value is -1.75. The average Bonchev–Trinajstić information content (AvgIpc) is 2.41. The molecule has 0 saturated carbocycles. The van der Waals surface area contributed by atoms with E-state index in [9.17, 15) is 9.59 Å². The summed E-state index contributed by atoms with van der Waals surface area (Å²) >= 11 is 5.93. The van der Waals surface area contributed by atoms with Crippen LogP contribution in [0.5, 0.6) is 0 Å². The first-order chi connectivity index (χ1) is 9.49. The SMILES string of the molecule is CC(=O)NC1CCN(C(=O)c2cccc(Cl)c2N)CC1. The molecule has 0 radical (unpaired) electrons. The van der Waals surface area contributed by atoms with Crippen molar-refractivity contribution in [3.8, 4) is 0 Å². The van der Waals surface area contributed by atoms with Gasteiger partial charge in [0.25, 0.3) is 5.91 Å². The van der Waals surface area contributed by atoms with Crippen molar-refractivity contribution in [3.63, 3.8) is 0 Å². The second-order valence-corrected chi connectivity index (χ2v) is 5.38. The lowest BCUT2D eigenvalue weighted by Crippen LogP contribution is -2.46. The number of amides is 2. The number of nitrogens with zero attached hydrogens (tertiary/aromatic N) is 1. The Morgan fingerprint density at radius 2 is 2.00 bits per heavy atom. The number of likely N-dealkylation sites (tertiary alicyclic amines) is 1. The van der Waals surface area contributed by atoms with Crippen LogP contribution in [0.2, 0.25) is 5.02 Å². The number of rotatable bonds is 2. The highest BCUT2D eigenvalue weighted by Crippen LogP contribution is 2.24. The normalized spacial score (nSPS) is 16.0. The number of nitrogens with two attached hydrogens (primary N) is 1. The van der Waals surface area contributed by atoms with Gasteiger partial charge in [-0.1, -0.05) is 17.7 Å². The molecule has 0 unspecified atom stereocenters. The van der Waals surface area contributed by atoms with Crippen LogP contribution >= 0.6 is 11.6 Å². The van der Waals surface area contributed by atoms with Crippen molar-refractivity contribution < 1.29 is 9.59 Å². The van der Waals surface area contributed by atoms with Gasteiger partial charge in [-0.25, -0.2) is 0 Å². The predicted octanol–water partition coefficient (Wildman–Crippen LogP) is 1.66. The number of nitrogen functional groups attached to an aromatic ring is 1. The molecule has 1 saturated heterocycles. The zero-order valence-electron chi connectivity index (χ0n) is 11.4. The number of hydrogen-bond acceptors (Lipinski definition) is 3. The quantitative estimate of drug-likeness (QED) is 0.815. The smallest absolute Gasteiger partial charge is 0.256 e. The van der Waals surface area contributed by atoms with Crippen LogP contribution in [-0.2, 0) is 4.79 Å². The van der Waals surface area contributed by atoms with Gasteiger partial charge in [0.05, 0.1) is 16.3 Å². The fraction of sp³-hybridized carbons (Fsp3) is 0.429. The van der Waals surface area contributed by atoms with Gasteiger partial charge in [0, 0.05) is 26.1 Å². The molecule has 1 aromatic rings. The number of halogens is 1. The van der Waals surface area contributed by atoms with E-state index >= 15 is 0 Å². The Kier molecular flexibility index (Phi) is 4.49. The van der Waals surface area contributed by atoms with Crippen molar-refractivity contribution >= 4 is 29.1 Å². The van der Waals surface area contributed by atoms with E-state index in [1.165, 1.54) is 6.92 Å². The monoisotopic (exact) mass is 295 g/mol. The summed E-state index contributed by atoms with van der Waals surface area (Å²) in [6.45, 7) is 2.72. The van der Waals surface area contributed by atoms with E-state index < -0.39 is 0 Å². The minimum atomic E-state index is -0.105. The molecule has 1 aliphatic rings. The van der Waals surface area contributed by atoms with E-state index in [-0.39, 0.29) is 17.9 Å². The highest BCUT2D eigenvalue weighted by Gasteiger charge is 2.25. The van der Waals surface area contributed by atoms with Crippen molar-refractivity contribution in [2.24, 2.45) is 0 Å². The summed E-state index contributed by atoms with van der Waals surface area (Å²) in [4.78, 5) is 25.2. The molecule has 1 fully saturated rings. The van der Waals surface area contributed by atoms with Gasteiger partial charge in [0.1, 0.15) is 0 Å². The van der Waals surface area contributed by atoms with Crippen molar-refractivity contribution in [1.82, 2.24) is 10.2 Å². The minimum Gasteiger partial charge on any atom is -0.397 e. The van der Waals surface area contributed by atoms with Gasteiger partial charge in [-0.15, -0.1) is 0 Å². The molecular formula is C14H18ClN3O2. The lowest BCUT2D eigenvalue weighted by molar-refractivity contribution is -0.119. The fourth-order valence-electron chi connectivity index (χ4n) is 2.41. The standard InChI is InChI=1S/C14H18ClN3O2/c1-9(19)17-10-5-7-18(8-6-10)14(20)11-3-2-4-12(15)13(11)16/h2-4,10H,5-8,16H2,1H3,(H,17,19). The first-order valence-electron chi connectivity index (χ1n) is 6.59. The molecule has 0 aromatic heterocycles. The molecule has 2 amide bonds. The third-order valence-electron chi connectivity index (χ3n) is 3.47. The minimum absolute atomic E-state index is 0.0335. The van der Waals surface area contributed by atoms with E-state index in [4.69, 9.17) is 17.3 Å². The van der Waals surface area contributed by atoms with Crippen molar-refractivity contribution in [2.75, 3.05) is 18.8 Å². The number of carbonyl (C=O) groups is 2. The van der Waals surface area contributed by atoms with Crippen LogP contribution in [0.4, 0.5) is 5.69 Å². The Morgan fingerprint density at radius 3 is 2.60 bits per heavy atom. The second kappa shape index (κ2) is 6.13. The number of piperidine rings is 1. The summed E-state index contributed by atoms with van der Waals surface area (Å²) in [5, 5.41) is 3.27. The van der Waals surface area contributed by atoms with E-state index in [1.807, 2.05) is 0 Å². The Balaban J connectivity index is 2.02. The van der Waals surface area contributed by atoms with Crippen LogP contribution in [-0.4, -0.2) is 35.8 Å². The van der Waals surface area contributed by atoms with E-state index in [2.05, 4.69) is 5.32 Å². The number of benzene rings is 1. The Labute approximate surface area is 123 Å². The highest BCUT2D eigenvalue weighted by atomic mass is 35.5. The molecule has 1 heterocycles. The highest BCUT2D eigenvalue weighted by molar-refractivity contribution is 6.33. The van der Waals surface area contributed by atoms with Gasteiger partial charge in [0.15, 0.2) is 0 Å². The summed E-state index contributed by atoms with van der Waals surface area (Å²) in [6, 6.07) is 5.21. The largest absolute Gasteiger partial charge is 0.397 e. The molecular weight excluding hydrogens is 278 g/mol. The van der Waals surface area contributed by atoms with Gasteiger partial charge in [0.2, 0.25) is 5.91 Å². The van der Waals surface area contributed by atoms with Gasteiger partial charge in [-0.3, -0.25) is 9.59 Å². The molecule has 108 valence electrons. The maximum atomic E-state index is 12.4. The maximum Gasteiger partial charge on any atom is 0.256 e.